The fourth-order valence-corrected chi connectivity index (χ4v) is 5.57. The summed E-state index contributed by atoms with van der Waals surface area (Å²) in [4.78, 5) is 66.0. The van der Waals surface area contributed by atoms with Crippen LogP contribution in [-0.2, 0) is 9.59 Å². The van der Waals surface area contributed by atoms with E-state index in [9.17, 15) is 24.0 Å². The number of hydrogen-bond acceptors (Lipinski definition) is 7. The minimum atomic E-state index is -0.656. The highest BCUT2D eigenvalue weighted by Gasteiger charge is 2.51. The van der Waals surface area contributed by atoms with E-state index in [0.717, 1.165) is 22.9 Å². The molecule has 1 aliphatic heterocycles. The van der Waals surface area contributed by atoms with Gasteiger partial charge >= 0.3 is 5.97 Å². The van der Waals surface area contributed by atoms with Gasteiger partial charge in [0.25, 0.3) is 17.7 Å². The Morgan fingerprint density at radius 3 is 2.08 bits per heavy atom. The first kappa shape index (κ1) is 25.8. The number of Topliss-reactive ketones (excluding diaryl/α,β-unsaturated/α-hetero) is 1. The summed E-state index contributed by atoms with van der Waals surface area (Å²) >= 11 is 7.21. The molecule has 0 radical (unpaired) electrons. The lowest BCUT2D eigenvalue weighted by Gasteiger charge is -2.30. The third-order valence-corrected chi connectivity index (χ3v) is 7.89. The van der Waals surface area contributed by atoms with Gasteiger partial charge in [0.15, 0.2) is 5.78 Å². The van der Waals surface area contributed by atoms with E-state index in [0.29, 0.717) is 22.7 Å². The average molecular weight is 551 g/mol. The van der Waals surface area contributed by atoms with Crippen LogP contribution in [0.1, 0.15) is 56.1 Å². The van der Waals surface area contributed by atoms with Crippen LogP contribution in [0.4, 0.5) is 0 Å². The number of hydrazine groups is 1. The second-order valence-electron chi connectivity index (χ2n) is 9.17. The summed E-state index contributed by atoms with van der Waals surface area (Å²) < 4.78 is 5.33. The third-order valence-electron chi connectivity index (χ3n) is 6.79. The van der Waals surface area contributed by atoms with E-state index in [4.69, 9.17) is 16.3 Å². The van der Waals surface area contributed by atoms with Crippen molar-refractivity contribution in [2.45, 2.75) is 25.7 Å². The number of fused-ring (bicyclic) bond motifs is 1. The van der Waals surface area contributed by atoms with E-state index < -0.39 is 47.9 Å². The molecule has 1 aliphatic carbocycles. The van der Waals surface area contributed by atoms with Crippen LogP contribution >= 0.6 is 22.9 Å². The second-order valence-corrected chi connectivity index (χ2v) is 10.6. The molecule has 5 rings (SSSR count). The molecule has 0 spiro atoms. The average Bonchev–Trinajstić information content (AvgIpc) is 3.56. The number of imide groups is 1. The number of ether oxygens (including phenoxy) is 1. The maximum absolute atomic E-state index is 13.5. The number of thiophene rings is 1. The lowest BCUT2D eigenvalue weighted by Crippen LogP contribution is -2.52. The molecule has 1 aromatic heterocycles. The van der Waals surface area contributed by atoms with Gasteiger partial charge in [-0.1, -0.05) is 30.5 Å². The molecular formula is C28H23ClN2O6S. The Morgan fingerprint density at radius 2 is 1.50 bits per heavy atom. The summed E-state index contributed by atoms with van der Waals surface area (Å²) in [5.41, 5.74) is 0.417. The lowest BCUT2D eigenvalue weighted by molar-refractivity contribution is -0.154. The molecule has 2 aromatic carbocycles. The summed E-state index contributed by atoms with van der Waals surface area (Å²) in [6.45, 7) is -0.521. The van der Waals surface area contributed by atoms with E-state index in [1.54, 1.807) is 17.5 Å². The Labute approximate surface area is 227 Å². The van der Waals surface area contributed by atoms with Crippen LogP contribution in [0.5, 0.6) is 5.75 Å². The largest absolute Gasteiger partial charge is 0.422 e. The molecule has 0 bridgehead atoms. The highest BCUT2D eigenvalue weighted by atomic mass is 35.5. The Balaban J connectivity index is 1.38. The number of halogens is 1. The summed E-state index contributed by atoms with van der Waals surface area (Å²) in [5, 5.41) is 4.00. The number of carbonyl (C=O) groups is 5. The first-order chi connectivity index (χ1) is 18.3. The van der Waals surface area contributed by atoms with Crippen molar-refractivity contribution in [3.8, 4) is 5.75 Å². The van der Waals surface area contributed by atoms with Crippen LogP contribution in [0.2, 0.25) is 5.02 Å². The zero-order valence-corrected chi connectivity index (χ0v) is 21.7. The fourth-order valence-electron chi connectivity index (χ4n) is 4.85. The minimum absolute atomic E-state index is 0.188. The molecule has 3 aromatic rings. The summed E-state index contributed by atoms with van der Waals surface area (Å²) in [6.07, 6.45) is 2.83. The van der Waals surface area contributed by atoms with E-state index >= 15 is 0 Å². The molecule has 2 heterocycles. The molecule has 8 nitrogen and oxygen atoms in total. The minimum Gasteiger partial charge on any atom is -0.422 e. The van der Waals surface area contributed by atoms with E-state index in [1.807, 2.05) is 0 Å². The summed E-state index contributed by atoms with van der Waals surface area (Å²) in [5.74, 6) is -3.27. The van der Waals surface area contributed by atoms with Crippen LogP contribution in [0, 0.1) is 11.8 Å². The van der Waals surface area contributed by atoms with Crippen LogP contribution in [0.3, 0.4) is 0 Å². The van der Waals surface area contributed by atoms with Crippen molar-refractivity contribution >= 4 is 52.4 Å². The molecule has 2 fully saturated rings. The van der Waals surface area contributed by atoms with E-state index in [-0.39, 0.29) is 16.9 Å². The number of amides is 3. The maximum Gasteiger partial charge on any atom is 0.353 e. The van der Waals surface area contributed by atoms with Gasteiger partial charge in [0, 0.05) is 16.1 Å². The summed E-state index contributed by atoms with van der Waals surface area (Å²) in [7, 11) is 0. The molecule has 194 valence electrons. The van der Waals surface area contributed by atoms with Crippen molar-refractivity contribution < 1.29 is 28.7 Å². The highest BCUT2D eigenvalue weighted by Crippen LogP contribution is 2.39. The SMILES string of the molecule is O=C(CN(C(=O)c1ccc(Cl)cc1)N1C(=O)[C@H]2CCCC[C@@H]2C1=O)c1ccc(OC(=O)c2cccs2)cc1. The molecule has 2 aliphatic rings. The summed E-state index contributed by atoms with van der Waals surface area (Å²) in [6, 6.07) is 15.3. The first-order valence-electron chi connectivity index (χ1n) is 12.2. The number of nitrogens with zero attached hydrogens (tertiary/aromatic N) is 2. The molecule has 1 saturated heterocycles. The zero-order chi connectivity index (χ0) is 26.8. The van der Waals surface area contributed by atoms with Crippen molar-refractivity contribution in [3.05, 3.63) is 87.1 Å². The van der Waals surface area contributed by atoms with Crippen molar-refractivity contribution in [1.29, 1.82) is 0 Å². The van der Waals surface area contributed by atoms with Gasteiger partial charge in [0.05, 0.1) is 11.8 Å². The first-order valence-corrected chi connectivity index (χ1v) is 13.4. The van der Waals surface area contributed by atoms with Crippen LogP contribution < -0.4 is 4.74 Å². The molecular weight excluding hydrogens is 528 g/mol. The Bertz CT molecular complexity index is 1360. The van der Waals surface area contributed by atoms with Gasteiger partial charge < -0.3 is 4.74 Å². The number of carbonyl (C=O) groups excluding carboxylic acids is 5. The lowest BCUT2D eigenvalue weighted by atomic mass is 9.81. The normalized spacial score (nSPS) is 18.7. The van der Waals surface area contributed by atoms with Gasteiger partial charge in [-0.3, -0.25) is 19.2 Å². The number of hydrogen-bond donors (Lipinski definition) is 0. The molecule has 0 unspecified atom stereocenters. The topological polar surface area (TPSA) is 101 Å². The van der Waals surface area contributed by atoms with Gasteiger partial charge in [0.1, 0.15) is 17.2 Å². The molecule has 38 heavy (non-hydrogen) atoms. The Hall–Kier alpha value is -3.82. The van der Waals surface area contributed by atoms with Crippen LogP contribution in [0.15, 0.2) is 66.0 Å². The molecule has 10 heteroatoms. The third kappa shape index (κ3) is 5.12. The standard InChI is InChI=1S/C28H23ClN2O6S/c29-19-11-7-18(8-12-19)25(33)30(31-26(34)21-4-1-2-5-22(21)27(31)35)16-23(32)17-9-13-20(14-10-17)37-28(36)24-6-3-15-38-24/h3,6-15,21-22H,1-2,4-5,16H2/t21-,22-/m0/s1. The fraction of sp³-hybridized carbons (Fsp3) is 0.250. The van der Waals surface area contributed by atoms with Crippen molar-refractivity contribution in [1.82, 2.24) is 10.0 Å². The van der Waals surface area contributed by atoms with Crippen molar-refractivity contribution in [3.63, 3.8) is 0 Å². The van der Waals surface area contributed by atoms with Gasteiger partial charge in [0.2, 0.25) is 0 Å². The van der Waals surface area contributed by atoms with E-state index in [1.165, 1.54) is 59.9 Å². The molecule has 0 N–H and O–H groups in total. The van der Waals surface area contributed by atoms with Gasteiger partial charge in [-0.2, -0.15) is 5.01 Å². The monoisotopic (exact) mass is 550 g/mol. The predicted octanol–water partition coefficient (Wildman–Crippen LogP) is 5.04. The van der Waals surface area contributed by atoms with Gasteiger partial charge in [-0.05, 0) is 72.8 Å². The van der Waals surface area contributed by atoms with E-state index in [2.05, 4.69) is 0 Å². The van der Waals surface area contributed by atoms with Crippen molar-refractivity contribution in [2.75, 3.05) is 6.54 Å². The predicted molar refractivity (Wildman–Crippen MR) is 140 cm³/mol. The highest BCUT2D eigenvalue weighted by molar-refractivity contribution is 7.12. The number of rotatable bonds is 7. The number of ketones is 1. The Kier molecular flexibility index (Phi) is 7.40. The van der Waals surface area contributed by atoms with Gasteiger partial charge in [-0.15, -0.1) is 11.3 Å². The second kappa shape index (κ2) is 10.9. The smallest absolute Gasteiger partial charge is 0.353 e. The quantitative estimate of drug-likeness (QED) is 0.177. The zero-order valence-electron chi connectivity index (χ0n) is 20.2. The van der Waals surface area contributed by atoms with Crippen molar-refractivity contribution in [2.24, 2.45) is 11.8 Å². The molecule has 1 saturated carbocycles. The number of benzene rings is 2. The molecule has 2 atom stereocenters. The Morgan fingerprint density at radius 1 is 0.895 bits per heavy atom. The van der Waals surface area contributed by atoms with Crippen LogP contribution in [-0.4, -0.2) is 46.0 Å². The maximum atomic E-state index is 13.5. The molecule has 3 amide bonds. The van der Waals surface area contributed by atoms with Gasteiger partial charge in [-0.25, -0.2) is 9.80 Å². The van der Waals surface area contributed by atoms with Crippen LogP contribution in [0.25, 0.3) is 0 Å². The number of esters is 1.